The molecule has 0 saturated carbocycles. The summed E-state index contributed by atoms with van der Waals surface area (Å²) in [5, 5.41) is 12.6. The number of carbonyl (C=O) groups excluding carboxylic acids is 12. The molecule has 0 atom stereocenters. The van der Waals surface area contributed by atoms with Gasteiger partial charge in [0.25, 0.3) is 0 Å². The number of fused-ring (bicyclic) bond motifs is 6. The van der Waals surface area contributed by atoms with Crippen molar-refractivity contribution in [2.24, 2.45) is 0 Å². The number of hydrogen-bond donors (Lipinski definition) is 4. The summed E-state index contributed by atoms with van der Waals surface area (Å²) in [6.45, 7) is 44.1. The van der Waals surface area contributed by atoms with Crippen molar-refractivity contribution >= 4 is 69.4 Å². The number of allylic oxidation sites excluding steroid dienone is 17. The number of ketones is 12. The summed E-state index contributed by atoms with van der Waals surface area (Å²) in [6.07, 6.45) is 24.0. The molecule has 3 aliphatic heterocycles. The Labute approximate surface area is 811 Å². The normalized spacial score (nSPS) is 16.1. The molecule has 3 heterocycles. The zero-order chi connectivity index (χ0) is 98.4. The van der Waals surface area contributed by atoms with Gasteiger partial charge in [0, 0.05) is 172 Å². The van der Waals surface area contributed by atoms with Gasteiger partial charge in [-0.2, -0.15) is 0 Å². The molecule has 7 aromatic carbocycles. The molecule has 22 heteroatoms. The molecule has 16 rings (SSSR count). The molecule has 3 fully saturated rings. The number of carbonyl (C=O) groups is 12. The number of morpholine rings is 2. The molecule has 3 saturated heterocycles. The Balaban J connectivity index is 0.000000159. The van der Waals surface area contributed by atoms with Gasteiger partial charge in [0.15, 0.2) is 34.7 Å². The SMILES string of the molecule is C=CCCC1=C(N2CCCCC2)C(=O)c2ccccc2C1=O.C=CCCC1=C(N2CCOCC2)C(=O)c2ccccc2C1=O.C=CCCC1=C(NCC=C)C(=O)c2ccccc2C1=O.C=CCCC1=C(NCCCN(CC)CC)C(=O)c2ccccc2C1=O.C=CCCC1=C(NCCCN2CCOCC2)C(=O)c2ccccc2C1=O.C=CCNC1=C(Cc2ccccc2)C(=O)c2ccccc2C1=O. The van der Waals surface area contributed by atoms with Crippen LogP contribution in [-0.4, -0.2) is 207 Å². The van der Waals surface area contributed by atoms with Gasteiger partial charge in [-0.05, 0) is 128 Å². The number of nitrogens with zero attached hydrogens (tertiary/aromatic N) is 4. The summed E-state index contributed by atoms with van der Waals surface area (Å²) < 4.78 is 10.7. The molecule has 0 amide bonds. The van der Waals surface area contributed by atoms with Crippen LogP contribution in [0.1, 0.15) is 240 Å². The van der Waals surface area contributed by atoms with Gasteiger partial charge in [-0.15, -0.1) is 46.1 Å². The Morgan fingerprint density at radius 3 is 0.906 bits per heavy atom. The van der Waals surface area contributed by atoms with E-state index in [1.54, 1.807) is 176 Å². The smallest absolute Gasteiger partial charge is 0.210 e. The number of nitrogens with one attached hydrogen (secondary N) is 4. The first-order valence-electron chi connectivity index (χ1n) is 48.1. The number of rotatable bonds is 37. The number of hydrogen-bond acceptors (Lipinski definition) is 22. The molecular weight excluding hydrogens is 1730 g/mol. The predicted octanol–water partition coefficient (Wildman–Crippen LogP) is 19.0. The van der Waals surface area contributed by atoms with Gasteiger partial charge >= 0.3 is 0 Å². The summed E-state index contributed by atoms with van der Waals surface area (Å²) in [6, 6.07) is 52.0. The van der Waals surface area contributed by atoms with E-state index in [4.69, 9.17) is 9.47 Å². The van der Waals surface area contributed by atoms with E-state index in [-0.39, 0.29) is 69.4 Å². The molecule has 0 unspecified atom stereocenters. The maximum absolute atomic E-state index is 13.0. The Kier molecular flexibility index (Phi) is 40.3. The number of Topliss-reactive ketones (excluding diaryl/α,β-unsaturated/α-hetero) is 12. The third-order valence-electron chi connectivity index (χ3n) is 25.2. The van der Waals surface area contributed by atoms with Gasteiger partial charge in [0.1, 0.15) is 0 Å². The van der Waals surface area contributed by atoms with Crippen molar-refractivity contribution in [3.05, 3.63) is 404 Å². The van der Waals surface area contributed by atoms with Crippen LogP contribution in [0.3, 0.4) is 0 Å². The average Bonchev–Trinajstić information content (AvgIpc) is 0.760. The predicted molar refractivity (Wildman–Crippen MR) is 545 cm³/mol. The molecule has 716 valence electrons. The molecule has 6 aliphatic carbocycles. The zero-order valence-electron chi connectivity index (χ0n) is 79.8. The highest BCUT2D eigenvalue weighted by atomic mass is 16.5. The van der Waals surface area contributed by atoms with E-state index in [1.807, 2.05) is 47.4 Å². The Bertz CT molecular complexity index is 5800. The van der Waals surface area contributed by atoms with Crippen molar-refractivity contribution in [2.75, 3.05) is 118 Å². The zero-order valence-corrected chi connectivity index (χ0v) is 79.8. The lowest BCUT2D eigenvalue weighted by atomic mass is 9.84. The summed E-state index contributed by atoms with van der Waals surface area (Å²) in [7, 11) is 0. The highest BCUT2D eigenvalue weighted by molar-refractivity contribution is 6.31. The van der Waals surface area contributed by atoms with E-state index >= 15 is 0 Å². The second-order valence-corrected chi connectivity index (χ2v) is 34.1. The fourth-order valence-corrected chi connectivity index (χ4v) is 18.0. The van der Waals surface area contributed by atoms with E-state index in [9.17, 15) is 57.5 Å². The van der Waals surface area contributed by atoms with Crippen LogP contribution < -0.4 is 21.3 Å². The summed E-state index contributed by atoms with van der Waals surface area (Å²) in [5.74, 6) is -0.703. The molecule has 138 heavy (non-hydrogen) atoms. The summed E-state index contributed by atoms with van der Waals surface area (Å²) >= 11 is 0. The average molecular weight is 1860 g/mol. The molecule has 9 aliphatic rings. The van der Waals surface area contributed by atoms with Crippen LogP contribution in [0.2, 0.25) is 0 Å². The van der Waals surface area contributed by atoms with E-state index in [0.717, 1.165) is 96.8 Å². The number of ether oxygens (including phenoxy) is 2. The van der Waals surface area contributed by atoms with Crippen LogP contribution in [0.4, 0.5) is 0 Å². The standard InChI is InChI=1S/C21H26N2O3.C21H28N2O2.C20H17NO2.C19H21NO2.C18H19NO3.C17H17NO2/c1-2-3-7-18-19(22-10-6-11-23-12-14-26-15-13-23)21(25)17-9-5-4-8-16(17)20(18)24;1-4-7-11-18-19(22-14-10-15-23(5-2)6-3)21(25)17-13-9-8-12-16(17)20(18)24;1-2-12-21-18-17(13-14-8-4-3-5-9-14)19(22)15-10-6-7-11-16(15)20(18)23;1-2-3-9-16-17(20-12-7-4-8-13-20)19(22)15-11-6-5-10-14(15)18(16)21;1-2-3-6-15-16(19-9-11-22-12-10-19)18(21)14-8-5-4-7-13(14)17(15)20;1-3-5-8-14-15(18-11-4-2)17(20)13-10-7-6-9-12(13)16(14)19/h2,4-5,8-9,22H,1,3,6-7,10-15H2;4,8-9,12-13,22H,1,5-7,10-11,14-15H2,2-3H3;2-11,21H,1,12-13H2;2,5-6,10-11H,1,3-4,7-9,12-13H2;2,4-5,7-8H,1,3,6,9-12H2;3-4,6-7,9-10,18H,1-2,5,8,11H2. The lowest BCUT2D eigenvalue weighted by molar-refractivity contribution is 0.0375. The first-order valence-corrected chi connectivity index (χ1v) is 48.1. The molecule has 22 nitrogen and oxygen atoms in total. The fraction of sp³-hybridized carbons (Fsp3) is 0.310. The topological polar surface area (TPSA) is 284 Å². The van der Waals surface area contributed by atoms with Crippen molar-refractivity contribution < 1.29 is 67.0 Å². The number of piperidine rings is 1. The second kappa shape index (κ2) is 53.4. The highest BCUT2D eigenvalue weighted by Crippen LogP contribution is 2.37. The minimum Gasteiger partial charge on any atom is -0.381 e. The van der Waals surface area contributed by atoms with Crippen molar-refractivity contribution in [3.8, 4) is 0 Å². The third kappa shape index (κ3) is 26.0. The minimum atomic E-state index is -0.131. The van der Waals surface area contributed by atoms with E-state index in [0.29, 0.717) is 257 Å². The highest BCUT2D eigenvalue weighted by Gasteiger charge is 2.40. The van der Waals surface area contributed by atoms with Gasteiger partial charge < -0.3 is 45.4 Å². The maximum atomic E-state index is 13.0. The Hall–Kier alpha value is -14.2. The first kappa shape index (κ1) is 104. The molecular formula is C116H128N8O14. The number of likely N-dealkylation sites (tertiary alicyclic amines) is 1. The van der Waals surface area contributed by atoms with Crippen molar-refractivity contribution in [1.29, 1.82) is 0 Å². The molecule has 0 radical (unpaired) electrons. The monoisotopic (exact) mass is 1860 g/mol. The summed E-state index contributed by atoms with van der Waals surface area (Å²) in [5.41, 5.74) is 13.5. The van der Waals surface area contributed by atoms with Crippen LogP contribution in [0, 0.1) is 0 Å². The van der Waals surface area contributed by atoms with E-state index in [2.05, 4.69) is 95.9 Å². The van der Waals surface area contributed by atoms with Crippen LogP contribution >= 0.6 is 0 Å². The third-order valence-corrected chi connectivity index (χ3v) is 25.2. The lowest BCUT2D eigenvalue weighted by Gasteiger charge is -2.34. The second-order valence-electron chi connectivity index (χ2n) is 34.1. The van der Waals surface area contributed by atoms with Crippen LogP contribution in [0.5, 0.6) is 0 Å². The van der Waals surface area contributed by atoms with Crippen LogP contribution in [0.25, 0.3) is 0 Å². The Morgan fingerprint density at radius 2 is 0.572 bits per heavy atom. The van der Waals surface area contributed by atoms with E-state index < -0.39 is 0 Å². The molecule has 0 bridgehead atoms. The fourth-order valence-electron chi connectivity index (χ4n) is 18.0. The van der Waals surface area contributed by atoms with E-state index in [1.165, 1.54) is 6.42 Å². The lowest BCUT2D eigenvalue weighted by Crippen LogP contribution is -2.41. The molecule has 7 aromatic rings. The Morgan fingerprint density at radius 1 is 0.297 bits per heavy atom. The van der Waals surface area contributed by atoms with Gasteiger partial charge in [0.05, 0.1) is 60.6 Å². The molecule has 0 aromatic heterocycles. The van der Waals surface area contributed by atoms with Crippen LogP contribution in [0.15, 0.2) is 332 Å². The molecule has 0 spiro atoms. The number of benzene rings is 7. The first-order chi connectivity index (χ1) is 67.2. The van der Waals surface area contributed by atoms with Crippen molar-refractivity contribution in [2.45, 2.75) is 117 Å². The van der Waals surface area contributed by atoms with Gasteiger partial charge in [-0.25, -0.2) is 0 Å². The summed E-state index contributed by atoms with van der Waals surface area (Å²) in [4.78, 5) is 162. The molecule has 4 N–H and O–H groups in total. The largest absolute Gasteiger partial charge is 0.381 e. The maximum Gasteiger partial charge on any atom is 0.210 e. The van der Waals surface area contributed by atoms with Crippen LogP contribution in [-0.2, 0) is 15.9 Å². The van der Waals surface area contributed by atoms with Gasteiger partial charge in [-0.3, -0.25) is 62.4 Å². The van der Waals surface area contributed by atoms with Crippen molar-refractivity contribution in [1.82, 2.24) is 40.9 Å². The minimum absolute atomic E-state index is 0.0103. The van der Waals surface area contributed by atoms with Crippen molar-refractivity contribution in [3.63, 3.8) is 0 Å². The van der Waals surface area contributed by atoms with Gasteiger partial charge in [-0.1, -0.05) is 232 Å². The van der Waals surface area contributed by atoms with Gasteiger partial charge in [0.2, 0.25) is 34.7 Å². The quantitative estimate of drug-likeness (QED) is 0.0208.